The van der Waals surface area contributed by atoms with Gasteiger partial charge in [-0.25, -0.2) is 8.78 Å². The molecule has 0 heterocycles. The highest BCUT2D eigenvalue weighted by Gasteiger charge is 2.12. The fourth-order valence-corrected chi connectivity index (χ4v) is 1.90. The van der Waals surface area contributed by atoms with E-state index >= 15 is 0 Å². The number of aryl methyl sites for hydroxylation is 1. The van der Waals surface area contributed by atoms with Gasteiger partial charge in [0.2, 0.25) is 0 Å². The molecule has 0 fully saturated rings. The second-order valence-corrected chi connectivity index (χ2v) is 5.61. The molecule has 0 aliphatic carbocycles. The number of hydrogen-bond donors (Lipinski definition) is 2. The van der Waals surface area contributed by atoms with Gasteiger partial charge < -0.3 is 0 Å². The van der Waals surface area contributed by atoms with Gasteiger partial charge in [0.05, 0.1) is 5.75 Å². The summed E-state index contributed by atoms with van der Waals surface area (Å²) in [5, 5.41) is 0. The molecule has 0 unspecified atom stereocenters. The summed E-state index contributed by atoms with van der Waals surface area (Å²) in [6, 6.07) is 2.05. The second-order valence-electron chi connectivity index (χ2n) is 3.33. The summed E-state index contributed by atoms with van der Waals surface area (Å²) in [6.07, 6.45) is 1.20. The Kier molecular flexibility index (Phi) is 5.92. The lowest BCUT2D eigenvalue weighted by atomic mass is 10.1. The summed E-state index contributed by atoms with van der Waals surface area (Å²) in [4.78, 5) is 0. The number of hydrogen-bond acceptors (Lipinski definition) is 2. The molecular weight excluding hydrogens is 234 g/mol. The Morgan fingerprint density at radius 3 is 2.06 bits per heavy atom. The molecule has 0 bridgehead atoms. The molecule has 0 aliphatic rings. The van der Waals surface area contributed by atoms with Crippen LogP contribution in [0.3, 0.4) is 0 Å². The van der Waals surface area contributed by atoms with Crippen LogP contribution < -0.4 is 0 Å². The van der Waals surface area contributed by atoms with Gasteiger partial charge in [-0.2, -0.15) is 10.6 Å². The highest BCUT2D eigenvalue weighted by molar-refractivity contribution is 8.23. The van der Waals surface area contributed by atoms with E-state index in [1.807, 2.05) is 13.8 Å². The van der Waals surface area contributed by atoms with Gasteiger partial charge in [-0.1, -0.05) is 13.8 Å². The van der Waals surface area contributed by atoms with Gasteiger partial charge in [-0.3, -0.25) is 9.11 Å². The zero-order valence-electron chi connectivity index (χ0n) is 9.92. The van der Waals surface area contributed by atoms with E-state index in [4.69, 9.17) is 9.11 Å². The molecule has 2 nitrogen and oxygen atoms in total. The number of benzene rings is 1. The lowest BCUT2D eigenvalue weighted by Crippen LogP contribution is -2.02. The maximum atomic E-state index is 13.2. The maximum absolute atomic E-state index is 13.2. The normalized spacial score (nSPS) is 11.8. The molecule has 2 N–H and O–H groups in total. The van der Waals surface area contributed by atoms with E-state index in [1.165, 1.54) is 13.2 Å². The van der Waals surface area contributed by atoms with E-state index in [1.54, 1.807) is 0 Å². The van der Waals surface area contributed by atoms with Crippen LogP contribution in [0.2, 0.25) is 0 Å². The summed E-state index contributed by atoms with van der Waals surface area (Å²) in [6.45, 7) is 5.45. The van der Waals surface area contributed by atoms with Crippen molar-refractivity contribution in [1.29, 1.82) is 0 Å². The fourth-order valence-electron chi connectivity index (χ4n) is 1.09. The quantitative estimate of drug-likeness (QED) is 0.829. The van der Waals surface area contributed by atoms with E-state index in [2.05, 4.69) is 0 Å². The minimum Gasteiger partial charge on any atom is -0.299 e. The number of rotatable bonds is 2. The Bertz CT molecular complexity index is 349. The molecule has 5 heteroatoms. The first-order valence-corrected chi connectivity index (χ1v) is 7.07. The van der Waals surface area contributed by atoms with E-state index < -0.39 is 22.2 Å². The van der Waals surface area contributed by atoms with Crippen LogP contribution in [0.1, 0.15) is 25.0 Å². The Balaban J connectivity index is 0.00000106. The van der Waals surface area contributed by atoms with Crippen LogP contribution in [0.4, 0.5) is 8.78 Å². The molecular formula is C11H18F2O2S. The minimum absolute atomic E-state index is 0.00407. The van der Waals surface area contributed by atoms with E-state index in [-0.39, 0.29) is 16.9 Å². The average molecular weight is 252 g/mol. The van der Waals surface area contributed by atoms with E-state index in [0.717, 1.165) is 12.1 Å². The molecule has 0 spiro atoms. The standard InChI is InChI=1S/C9H12F2O2S.C2H6/c1-6-3-9(11)7(4-8(6)10)5-14(2,12)13;1-2/h3-4,12-13H,5H2,1-2H3;1-2H3. The van der Waals surface area contributed by atoms with Crippen molar-refractivity contribution in [2.45, 2.75) is 26.5 Å². The molecule has 94 valence electrons. The Morgan fingerprint density at radius 1 is 1.12 bits per heavy atom. The van der Waals surface area contributed by atoms with Crippen LogP contribution in [0, 0.1) is 18.6 Å². The van der Waals surface area contributed by atoms with Crippen molar-refractivity contribution in [2.75, 3.05) is 6.26 Å². The molecule has 1 rings (SSSR count). The van der Waals surface area contributed by atoms with Crippen molar-refractivity contribution in [3.8, 4) is 0 Å². The lowest BCUT2D eigenvalue weighted by molar-refractivity contribution is 0.491. The third-order valence-electron chi connectivity index (χ3n) is 1.76. The maximum Gasteiger partial charge on any atom is 0.128 e. The fraction of sp³-hybridized carbons (Fsp3) is 0.455. The third kappa shape index (κ3) is 4.92. The van der Waals surface area contributed by atoms with Crippen molar-refractivity contribution in [3.63, 3.8) is 0 Å². The summed E-state index contributed by atoms with van der Waals surface area (Å²) in [5.74, 6) is -1.40. The van der Waals surface area contributed by atoms with E-state index in [9.17, 15) is 8.78 Å². The van der Waals surface area contributed by atoms with Gasteiger partial charge in [0.15, 0.2) is 0 Å². The van der Waals surface area contributed by atoms with Gasteiger partial charge in [-0.15, -0.1) is 0 Å². The van der Waals surface area contributed by atoms with Crippen LogP contribution in [0.15, 0.2) is 12.1 Å². The highest BCUT2D eigenvalue weighted by Crippen LogP contribution is 2.38. The third-order valence-corrected chi connectivity index (χ3v) is 2.61. The summed E-state index contributed by atoms with van der Waals surface area (Å²) < 4.78 is 44.4. The van der Waals surface area contributed by atoms with Gasteiger partial charge in [0, 0.05) is 11.8 Å². The van der Waals surface area contributed by atoms with Crippen LogP contribution in [-0.4, -0.2) is 15.4 Å². The molecule has 0 aliphatic heterocycles. The Labute approximate surface area is 96.7 Å². The Morgan fingerprint density at radius 2 is 1.62 bits per heavy atom. The minimum atomic E-state index is -2.84. The van der Waals surface area contributed by atoms with Gasteiger partial charge in [0.25, 0.3) is 0 Å². The first-order chi connectivity index (χ1) is 7.29. The largest absolute Gasteiger partial charge is 0.299 e. The monoisotopic (exact) mass is 252 g/mol. The van der Waals surface area contributed by atoms with Crippen molar-refractivity contribution in [3.05, 3.63) is 34.9 Å². The molecule has 1 aromatic carbocycles. The molecule has 0 atom stereocenters. The zero-order valence-corrected chi connectivity index (χ0v) is 10.7. The van der Waals surface area contributed by atoms with Gasteiger partial charge >= 0.3 is 0 Å². The first kappa shape index (κ1) is 15.3. The molecule has 1 aromatic rings. The van der Waals surface area contributed by atoms with Crippen molar-refractivity contribution >= 4 is 10.6 Å². The summed E-state index contributed by atoms with van der Waals surface area (Å²) >= 11 is 0. The summed E-state index contributed by atoms with van der Waals surface area (Å²) in [5.41, 5.74) is 0.203. The molecule has 0 saturated heterocycles. The van der Waals surface area contributed by atoms with Crippen LogP contribution >= 0.6 is 10.6 Å². The molecule has 0 aromatic heterocycles. The zero-order chi connectivity index (χ0) is 12.9. The van der Waals surface area contributed by atoms with Crippen LogP contribution in [0.5, 0.6) is 0 Å². The lowest BCUT2D eigenvalue weighted by Gasteiger charge is -2.26. The second kappa shape index (κ2) is 6.18. The first-order valence-electron chi connectivity index (χ1n) is 4.95. The van der Waals surface area contributed by atoms with E-state index in [0.29, 0.717) is 0 Å². The van der Waals surface area contributed by atoms with Crippen LogP contribution in [0.25, 0.3) is 0 Å². The topological polar surface area (TPSA) is 40.5 Å². The molecule has 16 heavy (non-hydrogen) atoms. The molecule has 0 saturated carbocycles. The number of halogens is 2. The Hall–Kier alpha value is -0.650. The smallest absolute Gasteiger partial charge is 0.128 e. The van der Waals surface area contributed by atoms with Crippen molar-refractivity contribution < 1.29 is 17.9 Å². The van der Waals surface area contributed by atoms with Crippen LogP contribution in [-0.2, 0) is 5.75 Å². The SMILES string of the molecule is CC.Cc1cc(F)c(CS(C)(O)O)cc1F. The highest BCUT2D eigenvalue weighted by atomic mass is 32.3. The van der Waals surface area contributed by atoms with Gasteiger partial charge in [-0.05, 0) is 24.6 Å². The summed E-state index contributed by atoms with van der Waals surface area (Å²) in [7, 11) is -2.84. The molecule has 0 amide bonds. The average Bonchev–Trinajstić information content (AvgIpc) is 2.15. The van der Waals surface area contributed by atoms with Crippen molar-refractivity contribution in [2.24, 2.45) is 0 Å². The van der Waals surface area contributed by atoms with Crippen molar-refractivity contribution in [1.82, 2.24) is 0 Å². The predicted molar refractivity (Wildman–Crippen MR) is 64.9 cm³/mol. The molecule has 0 radical (unpaired) electrons. The predicted octanol–water partition coefficient (Wildman–Crippen LogP) is 4.18. The van der Waals surface area contributed by atoms with Gasteiger partial charge in [0.1, 0.15) is 11.6 Å².